The first-order valence-corrected chi connectivity index (χ1v) is 17.6. The predicted octanol–water partition coefficient (Wildman–Crippen LogP) is 7.44. The van der Waals surface area contributed by atoms with Crippen molar-refractivity contribution in [1.29, 1.82) is 0 Å². The summed E-state index contributed by atoms with van der Waals surface area (Å²) < 4.78 is 8.95. The second-order valence-electron chi connectivity index (χ2n) is 17.8. The van der Waals surface area contributed by atoms with Crippen LogP contribution in [0.4, 0.5) is 0 Å². The summed E-state index contributed by atoms with van der Waals surface area (Å²) in [4.78, 5) is 26.3. The standard InChI is InChI=1S/C40H51NO5/c1-20(2)31-34(45)29-28-22(25-19-36(3,4)46-37(5,6)30(25)33(28)44)18-23-24-17-21-11-12-26-38(7,14-10-16-42)27(43)13-15-39(26,8)40(21,9)35(24)41(31)32(23)29/h10,14,16,18,21,25-27,30-31,33,43-44H,1,11-13,15,17,19H2,2-9H3/b14-10+/t21?,25?,26?,27-,30?,31-,33+,38-,39-,40+/m0/s1. The molecule has 1 aromatic carbocycles. The van der Waals surface area contributed by atoms with E-state index in [0.29, 0.717) is 17.9 Å². The Morgan fingerprint density at radius 3 is 2.48 bits per heavy atom. The van der Waals surface area contributed by atoms with Gasteiger partial charge in [-0.25, -0.2) is 0 Å². The van der Waals surface area contributed by atoms with Crippen LogP contribution in [0.25, 0.3) is 10.9 Å². The highest BCUT2D eigenvalue weighted by molar-refractivity contribution is 6.17. The van der Waals surface area contributed by atoms with Crippen molar-refractivity contribution in [3.8, 4) is 0 Å². The number of allylic oxidation sites excluding steroid dienone is 2. The Labute approximate surface area is 273 Å². The highest BCUT2D eigenvalue weighted by atomic mass is 16.5. The molecule has 4 aliphatic carbocycles. The van der Waals surface area contributed by atoms with Gasteiger partial charge in [-0.1, -0.05) is 39.0 Å². The van der Waals surface area contributed by atoms with E-state index in [1.807, 2.05) is 13.0 Å². The number of aldehydes is 1. The van der Waals surface area contributed by atoms with E-state index in [9.17, 15) is 19.8 Å². The highest BCUT2D eigenvalue weighted by Crippen LogP contribution is 2.71. The third-order valence-electron chi connectivity index (χ3n) is 14.7. The van der Waals surface area contributed by atoms with Crippen LogP contribution in [0.3, 0.4) is 0 Å². The zero-order valence-corrected chi connectivity index (χ0v) is 28.9. The molecule has 0 radical (unpaired) electrons. The lowest BCUT2D eigenvalue weighted by molar-refractivity contribution is -0.208. The minimum atomic E-state index is -0.776. The maximum absolute atomic E-state index is 14.8. The third kappa shape index (κ3) is 3.39. The molecule has 6 heteroatoms. The summed E-state index contributed by atoms with van der Waals surface area (Å²) in [5.41, 5.74) is 5.32. The topological polar surface area (TPSA) is 88.8 Å². The number of nitrogens with zero attached hydrogens (tertiary/aromatic N) is 1. The lowest BCUT2D eigenvalue weighted by Crippen LogP contribution is -2.62. The minimum Gasteiger partial charge on any atom is -0.392 e. The number of fused-ring (bicyclic) bond motifs is 11. The average molecular weight is 626 g/mol. The van der Waals surface area contributed by atoms with Crippen LogP contribution in [0.5, 0.6) is 0 Å². The Morgan fingerprint density at radius 2 is 1.80 bits per heavy atom. The van der Waals surface area contributed by atoms with Gasteiger partial charge in [0.25, 0.3) is 0 Å². The van der Waals surface area contributed by atoms with Gasteiger partial charge in [0.15, 0.2) is 5.78 Å². The minimum absolute atomic E-state index is 0.0604. The van der Waals surface area contributed by atoms with E-state index in [1.165, 1.54) is 16.6 Å². The van der Waals surface area contributed by atoms with E-state index in [4.69, 9.17) is 4.74 Å². The largest absolute Gasteiger partial charge is 0.392 e. The van der Waals surface area contributed by atoms with E-state index in [0.717, 1.165) is 60.6 Å². The van der Waals surface area contributed by atoms with Gasteiger partial charge in [0.1, 0.15) is 12.3 Å². The fraction of sp³-hybridized carbons (Fsp3) is 0.650. The molecule has 1 saturated heterocycles. The predicted molar refractivity (Wildman–Crippen MR) is 179 cm³/mol. The summed E-state index contributed by atoms with van der Waals surface area (Å²) in [5, 5.41) is 24.7. The molecule has 10 atom stereocenters. The number of carbonyl (C=O) groups is 2. The molecule has 2 aliphatic heterocycles. The Morgan fingerprint density at radius 1 is 1.09 bits per heavy atom. The molecule has 4 unspecified atom stereocenters. The molecule has 3 fully saturated rings. The summed E-state index contributed by atoms with van der Waals surface area (Å²) >= 11 is 0. The lowest BCUT2D eigenvalue weighted by atomic mass is 9.40. The number of aromatic nitrogens is 1. The first-order chi connectivity index (χ1) is 21.4. The Kier molecular flexibility index (Phi) is 6.10. The Bertz CT molecular complexity index is 1780. The SMILES string of the molecule is C=C(C)[C@H]1C(=O)c2c3c(cc4c5c(n1c24)[C@@]1(C)C(CCC2[C@](C)(/C=C/C=O)[C@@H](O)CC[C@@]21C)C5)C1CC(C)(C)OC(C)(C)C1[C@@H]3O. The number of Topliss-reactive ketones (excluding diaryl/α,β-unsaturated/α-hetero) is 1. The maximum Gasteiger partial charge on any atom is 0.192 e. The summed E-state index contributed by atoms with van der Waals surface area (Å²) in [6, 6.07) is 1.86. The molecule has 0 bridgehead atoms. The van der Waals surface area contributed by atoms with E-state index in [-0.39, 0.29) is 40.0 Å². The van der Waals surface area contributed by atoms with Crippen molar-refractivity contribution >= 4 is 23.0 Å². The van der Waals surface area contributed by atoms with Crippen LogP contribution in [0.1, 0.15) is 138 Å². The normalized spacial score (nSPS) is 42.9. The van der Waals surface area contributed by atoms with Gasteiger partial charge in [0.2, 0.25) is 0 Å². The van der Waals surface area contributed by atoms with Crippen LogP contribution < -0.4 is 0 Å². The van der Waals surface area contributed by atoms with Crippen molar-refractivity contribution in [1.82, 2.24) is 4.57 Å². The van der Waals surface area contributed by atoms with Crippen molar-refractivity contribution in [3.63, 3.8) is 0 Å². The summed E-state index contributed by atoms with van der Waals surface area (Å²) in [6.07, 6.45) is 8.46. The van der Waals surface area contributed by atoms with Crippen molar-refractivity contribution in [2.75, 3.05) is 0 Å². The average Bonchev–Trinajstić information content (AvgIpc) is 3.62. The first-order valence-electron chi connectivity index (χ1n) is 17.6. The molecule has 46 heavy (non-hydrogen) atoms. The number of ether oxygens (including phenoxy) is 1. The zero-order valence-electron chi connectivity index (χ0n) is 28.9. The second-order valence-corrected chi connectivity index (χ2v) is 17.8. The van der Waals surface area contributed by atoms with Gasteiger partial charge in [-0.15, -0.1) is 0 Å². The highest BCUT2D eigenvalue weighted by Gasteiger charge is 2.68. The smallest absolute Gasteiger partial charge is 0.192 e. The molecule has 2 saturated carbocycles. The van der Waals surface area contributed by atoms with Crippen molar-refractivity contribution < 1.29 is 24.5 Å². The van der Waals surface area contributed by atoms with Crippen LogP contribution in [0.2, 0.25) is 0 Å². The summed E-state index contributed by atoms with van der Waals surface area (Å²) in [5.74, 6) is 0.634. The number of benzene rings is 1. The van der Waals surface area contributed by atoms with Crippen LogP contribution >= 0.6 is 0 Å². The van der Waals surface area contributed by atoms with E-state index < -0.39 is 29.3 Å². The third-order valence-corrected chi connectivity index (χ3v) is 14.7. The lowest BCUT2D eigenvalue weighted by Gasteiger charge is -2.64. The molecule has 246 valence electrons. The van der Waals surface area contributed by atoms with Gasteiger partial charge in [-0.2, -0.15) is 0 Å². The molecular formula is C40H51NO5. The van der Waals surface area contributed by atoms with Crippen molar-refractivity contribution in [2.45, 2.75) is 135 Å². The van der Waals surface area contributed by atoms with E-state index in [2.05, 4.69) is 65.7 Å². The fourth-order valence-electron chi connectivity index (χ4n) is 12.9. The molecule has 2 aromatic rings. The van der Waals surface area contributed by atoms with Crippen LogP contribution in [-0.4, -0.2) is 44.2 Å². The van der Waals surface area contributed by atoms with Crippen LogP contribution in [0.15, 0.2) is 30.4 Å². The Hall–Kier alpha value is -2.54. The molecule has 8 rings (SSSR count). The molecule has 3 heterocycles. The number of rotatable bonds is 3. The van der Waals surface area contributed by atoms with Crippen LogP contribution in [0, 0.1) is 28.6 Å². The van der Waals surface area contributed by atoms with E-state index in [1.54, 1.807) is 6.08 Å². The number of hydrogen-bond acceptors (Lipinski definition) is 5. The van der Waals surface area contributed by atoms with Gasteiger partial charge in [-0.05, 0) is 125 Å². The van der Waals surface area contributed by atoms with Gasteiger partial charge >= 0.3 is 0 Å². The molecule has 0 amide bonds. The molecule has 1 aromatic heterocycles. The number of aliphatic hydroxyl groups excluding tert-OH is 2. The quantitative estimate of drug-likeness (QED) is 0.210. The molecule has 2 N–H and O–H groups in total. The number of ketones is 1. The van der Waals surface area contributed by atoms with Crippen molar-refractivity contribution in [2.24, 2.45) is 28.6 Å². The number of aliphatic hydroxyl groups is 2. The number of hydrogen-bond donors (Lipinski definition) is 2. The molecule has 6 nitrogen and oxygen atoms in total. The molecule has 0 spiro atoms. The Balaban J connectivity index is 1.40. The fourth-order valence-corrected chi connectivity index (χ4v) is 12.9. The molecule has 6 aliphatic rings. The zero-order chi connectivity index (χ0) is 33.1. The second kappa shape index (κ2) is 9.12. The van der Waals surface area contributed by atoms with E-state index >= 15 is 0 Å². The van der Waals surface area contributed by atoms with Crippen molar-refractivity contribution in [3.05, 3.63) is 58.3 Å². The number of carbonyl (C=O) groups excluding carboxylic acids is 2. The van der Waals surface area contributed by atoms with Gasteiger partial charge in [0, 0.05) is 27.8 Å². The monoisotopic (exact) mass is 625 g/mol. The summed E-state index contributed by atoms with van der Waals surface area (Å²) in [7, 11) is 0. The van der Waals surface area contributed by atoms with Gasteiger partial charge < -0.3 is 19.5 Å². The van der Waals surface area contributed by atoms with Gasteiger partial charge in [0.05, 0.1) is 34.5 Å². The van der Waals surface area contributed by atoms with Gasteiger partial charge in [-0.3, -0.25) is 9.59 Å². The maximum atomic E-state index is 14.8. The molecular weight excluding hydrogens is 574 g/mol. The summed E-state index contributed by atoms with van der Waals surface area (Å²) in [6.45, 7) is 21.8. The van der Waals surface area contributed by atoms with Crippen LogP contribution in [-0.2, 0) is 21.4 Å². The first kappa shape index (κ1) is 30.8.